The van der Waals surface area contributed by atoms with Gasteiger partial charge in [-0.1, -0.05) is 13.3 Å². The van der Waals surface area contributed by atoms with E-state index in [-0.39, 0.29) is 37.7 Å². The largest absolute Gasteiger partial charge is 0.396 e. The number of aliphatic hydroxyl groups is 2. The number of amides is 1. The van der Waals surface area contributed by atoms with Crippen molar-refractivity contribution < 1.29 is 24.2 Å². The van der Waals surface area contributed by atoms with E-state index in [4.69, 9.17) is 0 Å². The van der Waals surface area contributed by atoms with Gasteiger partial charge in [0.05, 0.1) is 12.7 Å². The summed E-state index contributed by atoms with van der Waals surface area (Å²) < 4.78 is 12.9. The molecule has 2 atom stereocenters. The van der Waals surface area contributed by atoms with Crippen molar-refractivity contribution in [3.8, 4) is 0 Å². The lowest BCUT2D eigenvalue weighted by Gasteiger charge is -2.44. The van der Waals surface area contributed by atoms with Gasteiger partial charge in [0.1, 0.15) is 5.82 Å². The minimum Gasteiger partial charge on any atom is -0.396 e. The average Bonchev–Trinajstić information content (AvgIpc) is 2.61. The Balaban J connectivity index is 1.87. The molecule has 1 amide bonds. The molecule has 2 N–H and O–H groups in total. The number of hydrogen-bond donors (Lipinski definition) is 2. The van der Waals surface area contributed by atoms with Crippen molar-refractivity contribution >= 4 is 11.7 Å². The molecule has 1 fully saturated rings. The summed E-state index contributed by atoms with van der Waals surface area (Å²) in [4.78, 5) is 26.0. The van der Waals surface area contributed by atoms with E-state index < -0.39 is 17.3 Å². The summed E-state index contributed by atoms with van der Waals surface area (Å²) in [5.41, 5.74) is -0.148. The van der Waals surface area contributed by atoms with Crippen molar-refractivity contribution in [2.45, 2.75) is 45.1 Å². The molecule has 0 aliphatic carbocycles. The number of rotatable bonds is 7. The van der Waals surface area contributed by atoms with Crippen LogP contribution in [-0.4, -0.2) is 52.6 Å². The van der Waals surface area contributed by atoms with Crippen molar-refractivity contribution in [3.05, 3.63) is 35.6 Å². The van der Waals surface area contributed by atoms with Crippen LogP contribution in [0.3, 0.4) is 0 Å². The normalized spacial score (nSPS) is 23.5. The zero-order valence-corrected chi connectivity index (χ0v) is 14.6. The van der Waals surface area contributed by atoms with E-state index in [0.29, 0.717) is 18.5 Å². The summed E-state index contributed by atoms with van der Waals surface area (Å²) >= 11 is 0. The van der Waals surface area contributed by atoms with Crippen LogP contribution in [0.4, 0.5) is 4.39 Å². The third-order valence-corrected chi connectivity index (χ3v) is 5.13. The standard InChI is InChI=1S/C19H26FNO4/c1-2-9-19(13-22)10-11-21(12-17(19)24)18(25)8-7-16(23)14-3-5-15(20)6-4-14/h3-6,17,22,24H,2,7-13H2,1H3/t17-,19+/m0/s1. The van der Waals surface area contributed by atoms with Gasteiger partial charge in [0.25, 0.3) is 0 Å². The van der Waals surface area contributed by atoms with Crippen LogP contribution in [0.5, 0.6) is 0 Å². The second-order valence-corrected chi connectivity index (χ2v) is 6.81. The third-order valence-electron chi connectivity index (χ3n) is 5.13. The highest BCUT2D eigenvalue weighted by Gasteiger charge is 2.42. The lowest BCUT2D eigenvalue weighted by Crippen LogP contribution is -2.54. The Morgan fingerprint density at radius 2 is 1.96 bits per heavy atom. The fourth-order valence-electron chi connectivity index (χ4n) is 3.46. The molecule has 2 rings (SSSR count). The summed E-state index contributed by atoms with van der Waals surface area (Å²) in [6.07, 6.45) is 1.48. The van der Waals surface area contributed by atoms with E-state index in [1.54, 1.807) is 4.90 Å². The Bertz CT molecular complexity index is 604. The first-order chi connectivity index (χ1) is 11.9. The van der Waals surface area contributed by atoms with Gasteiger partial charge in [-0.15, -0.1) is 0 Å². The lowest BCUT2D eigenvalue weighted by molar-refractivity contribution is -0.142. The van der Waals surface area contributed by atoms with E-state index in [2.05, 4.69) is 0 Å². The fourth-order valence-corrected chi connectivity index (χ4v) is 3.46. The van der Waals surface area contributed by atoms with E-state index >= 15 is 0 Å². The molecule has 5 nitrogen and oxygen atoms in total. The number of carbonyl (C=O) groups is 2. The Kier molecular flexibility index (Phi) is 6.67. The second-order valence-electron chi connectivity index (χ2n) is 6.81. The summed E-state index contributed by atoms with van der Waals surface area (Å²) in [5.74, 6) is -0.798. The highest BCUT2D eigenvalue weighted by molar-refractivity contribution is 5.97. The number of aliphatic hydroxyl groups excluding tert-OH is 2. The van der Waals surface area contributed by atoms with Crippen LogP contribution in [0.25, 0.3) is 0 Å². The molecule has 0 saturated carbocycles. The van der Waals surface area contributed by atoms with Crippen molar-refractivity contribution in [2.75, 3.05) is 19.7 Å². The van der Waals surface area contributed by atoms with Crippen LogP contribution >= 0.6 is 0 Å². The maximum atomic E-state index is 12.9. The van der Waals surface area contributed by atoms with Gasteiger partial charge in [-0.3, -0.25) is 9.59 Å². The molecule has 1 aromatic rings. The summed E-state index contributed by atoms with van der Waals surface area (Å²) in [6.45, 7) is 2.57. The van der Waals surface area contributed by atoms with Gasteiger partial charge in [0, 0.05) is 36.9 Å². The van der Waals surface area contributed by atoms with E-state index in [1.807, 2.05) is 6.92 Å². The molecule has 1 saturated heterocycles. The number of piperidine rings is 1. The predicted octanol–water partition coefficient (Wildman–Crippen LogP) is 2.16. The third kappa shape index (κ3) is 4.64. The van der Waals surface area contributed by atoms with Crippen LogP contribution < -0.4 is 0 Å². The van der Waals surface area contributed by atoms with Gasteiger partial charge in [-0.05, 0) is 37.1 Å². The Morgan fingerprint density at radius 1 is 1.28 bits per heavy atom. The molecule has 0 radical (unpaired) electrons. The first-order valence-corrected chi connectivity index (χ1v) is 8.77. The molecular weight excluding hydrogens is 325 g/mol. The maximum absolute atomic E-state index is 12.9. The minimum absolute atomic E-state index is 0.0527. The van der Waals surface area contributed by atoms with Crippen molar-refractivity contribution in [3.63, 3.8) is 0 Å². The van der Waals surface area contributed by atoms with E-state index in [0.717, 1.165) is 12.8 Å². The number of hydrogen-bond acceptors (Lipinski definition) is 4. The van der Waals surface area contributed by atoms with Gasteiger partial charge in [-0.25, -0.2) is 4.39 Å². The smallest absolute Gasteiger partial charge is 0.223 e. The highest BCUT2D eigenvalue weighted by Crippen LogP contribution is 2.36. The second kappa shape index (κ2) is 8.54. The topological polar surface area (TPSA) is 77.8 Å². The molecule has 0 aromatic heterocycles. The molecule has 1 aliphatic heterocycles. The molecule has 0 unspecified atom stereocenters. The van der Waals surface area contributed by atoms with E-state index in [1.165, 1.54) is 24.3 Å². The van der Waals surface area contributed by atoms with Crippen LogP contribution in [0.2, 0.25) is 0 Å². The van der Waals surface area contributed by atoms with Crippen molar-refractivity contribution in [2.24, 2.45) is 5.41 Å². The number of benzene rings is 1. The molecule has 25 heavy (non-hydrogen) atoms. The minimum atomic E-state index is -0.761. The number of carbonyl (C=O) groups excluding carboxylic acids is 2. The number of likely N-dealkylation sites (tertiary alicyclic amines) is 1. The number of β-amino-alcohol motifs (C(OH)–C–C–N with tert-alkyl or cyclic N) is 1. The lowest BCUT2D eigenvalue weighted by atomic mass is 9.73. The Morgan fingerprint density at radius 3 is 2.52 bits per heavy atom. The summed E-state index contributed by atoms with van der Waals surface area (Å²) in [6, 6.07) is 5.26. The van der Waals surface area contributed by atoms with Gasteiger partial charge in [-0.2, -0.15) is 0 Å². The van der Waals surface area contributed by atoms with E-state index in [9.17, 15) is 24.2 Å². The van der Waals surface area contributed by atoms with Gasteiger partial charge < -0.3 is 15.1 Å². The highest BCUT2D eigenvalue weighted by atomic mass is 19.1. The molecule has 0 bridgehead atoms. The molecule has 1 heterocycles. The van der Waals surface area contributed by atoms with Gasteiger partial charge in [0.2, 0.25) is 5.91 Å². The average molecular weight is 351 g/mol. The van der Waals surface area contributed by atoms with Crippen LogP contribution in [0.1, 0.15) is 49.4 Å². The molecule has 1 aromatic carbocycles. The maximum Gasteiger partial charge on any atom is 0.223 e. The van der Waals surface area contributed by atoms with Crippen molar-refractivity contribution in [1.82, 2.24) is 4.90 Å². The molecule has 1 aliphatic rings. The zero-order chi connectivity index (χ0) is 18.4. The first-order valence-electron chi connectivity index (χ1n) is 8.77. The molecular formula is C19H26FNO4. The van der Waals surface area contributed by atoms with Crippen LogP contribution in [0.15, 0.2) is 24.3 Å². The van der Waals surface area contributed by atoms with Crippen molar-refractivity contribution in [1.29, 1.82) is 0 Å². The zero-order valence-electron chi connectivity index (χ0n) is 14.6. The fraction of sp³-hybridized carbons (Fsp3) is 0.579. The SMILES string of the molecule is CCC[C@]1(CO)CCN(C(=O)CCC(=O)c2ccc(F)cc2)C[C@@H]1O. The molecule has 138 valence electrons. The summed E-state index contributed by atoms with van der Waals surface area (Å²) in [5, 5.41) is 20.0. The molecule has 0 spiro atoms. The van der Waals surface area contributed by atoms with Crippen LogP contribution in [-0.2, 0) is 4.79 Å². The monoisotopic (exact) mass is 351 g/mol. The van der Waals surface area contributed by atoms with Gasteiger partial charge >= 0.3 is 0 Å². The Hall–Kier alpha value is -1.79. The number of Topliss-reactive ketones (excluding diaryl/α,β-unsaturated/α-hetero) is 1. The quantitative estimate of drug-likeness (QED) is 0.738. The van der Waals surface area contributed by atoms with Crippen LogP contribution in [0, 0.1) is 11.2 Å². The molecule has 6 heteroatoms. The first kappa shape index (κ1) is 19.5. The van der Waals surface area contributed by atoms with Gasteiger partial charge in [0.15, 0.2) is 5.78 Å². The summed E-state index contributed by atoms with van der Waals surface area (Å²) in [7, 11) is 0. The number of ketones is 1. The number of halogens is 1. The predicted molar refractivity (Wildman–Crippen MR) is 91.6 cm³/mol. The Labute approximate surface area is 147 Å². The number of nitrogens with zero attached hydrogens (tertiary/aromatic N) is 1.